The van der Waals surface area contributed by atoms with Crippen molar-refractivity contribution in [3.8, 4) is 0 Å². The summed E-state index contributed by atoms with van der Waals surface area (Å²) >= 11 is 0. The molecule has 32 valence electrons. The summed E-state index contributed by atoms with van der Waals surface area (Å²) in [5, 5.41) is 0. The van der Waals surface area contributed by atoms with Crippen LogP contribution in [0.4, 0.5) is 0 Å². The minimum absolute atomic E-state index is 0. The molecule has 24 radical (unpaired) electrons. The van der Waals surface area contributed by atoms with E-state index in [0.717, 1.165) is 0 Å². The van der Waals surface area contributed by atoms with Crippen molar-refractivity contribution in [2.75, 3.05) is 0 Å². The number of hydrogen-bond acceptors (Lipinski definition) is 0. The first-order valence-corrected chi connectivity index (χ1v) is 0. The van der Waals surface area contributed by atoms with Gasteiger partial charge in [0, 0.05) is 317 Å². The van der Waals surface area contributed by atoms with E-state index in [1.165, 1.54) is 0 Å². The Morgan fingerprint density at radius 2 is 0.364 bits per heavy atom. The summed E-state index contributed by atoms with van der Waals surface area (Å²) in [7, 11) is 0. The summed E-state index contributed by atoms with van der Waals surface area (Å²) < 4.78 is 0. The van der Waals surface area contributed by atoms with Crippen LogP contribution in [0, 0.1) is 0 Å². The van der Waals surface area contributed by atoms with E-state index in [2.05, 4.69) is 0 Å². The summed E-state index contributed by atoms with van der Waals surface area (Å²) in [6.45, 7) is 0. The van der Waals surface area contributed by atoms with Gasteiger partial charge in [-0.15, -0.1) is 0 Å². The van der Waals surface area contributed by atoms with Crippen LogP contribution < -0.4 is 0 Å². The Hall–Kier alpha value is 10.6. The molecule has 0 saturated heterocycles. The smallest absolute Gasteiger partial charge is 0 e. The van der Waals surface area contributed by atoms with E-state index in [4.69, 9.17) is 0 Å². The largest absolute Gasteiger partial charge is 0 e. The Kier molecular flexibility index (Phi) is 523. The molecule has 0 atom stereocenters. The van der Waals surface area contributed by atoms with Crippen LogP contribution in [0.2, 0.25) is 0 Å². The van der Waals surface area contributed by atoms with Gasteiger partial charge in [0.2, 0.25) is 0 Å². The summed E-state index contributed by atoms with van der Waals surface area (Å²) in [6.07, 6.45) is 0. The van der Waals surface area contributed by atoms with Crippen molar-refractivity contribution >= 4 is 317 Å². The van der Waals surface area contributed by atoms with Crippen LogP contribution in [0.25, 0.3) is 0 Å². The van der Waals surface area contributed by atoms with Gasteiger partial charge in [-0.1, -0.05) is 0 Å². The van der Waals surface area contributed by atoms with E-state index in [1.807, 2.05) is 0 Å². The quantitative estimate of drug-likeness (QED) is 0.225. The van der Waals surface area contributed by atoms with Crippen LogP contribution in [-0.4, -0.2) is 317 Å². The van der Waals surface area contributed by atoms with Crippen molar-refractivity contribution in [3.05, 3.63) is 0 Å². The predicted molar refractivity (Wildman–Crippen MR) is 63.3 cm³/mol. The maximum Gasteiger partial charge on any atom is 0 e. The zero-order valence-corrected chi connectivity index (χ0v) is 31.5. The average molecular weight is 703 g/mol. The van der Waals surface area contributed by atoms with Gasteiger partial charge >= 0.3 is 0 Å². The van der Waals surface area contributed by atoms with Crippen LogP contribution in [-0.2, 0) is 0 Å². The van der Waals surface area contributed by atoms with Gasteiger partial charge in [-0.25, -0.2) is 0 Å². The van der Waals surface area contributed by atoms with Crippen LogP contribution in [0.5, 0.6) is 0 Å². The topological polar surface area (TPSA) is 0 Å². The molecule has 0 aliphatic heterocycles. The molecule has 0 aromatic heterocycles. The van der Waals surface area contributed by atoms with Gasteiger partial charge in [0.05, 0.1) is 0 Å². The molecule has 0 aromatic carbocycles. The molecule has 0 aliphatic carbocycles. The number of hydrogen-bond donors (Lipinski definition) is 0. The maximum absolute atomic E-state index is 0. The minimum atomic E-state index is 0. The molecular weight excluding hydrogens is 703 g/mol. The molecule has 0 aliphatic rings. The molecular formula is AlCa3Na3Sb4. The molecule has 0 bridgehead atoms. The summed E-state index contributed by atoms with van der Waals surface area (Å²) in [4.78, 5) is 0. The Labute approximate surface area is 306 Å². The second kappa shape index (κ2) is 70.5. The predicted octanol–water partition coefficient (Wildman–Crippen LogP) is -4.19. The monoisotopic (exact) mass is 699 g/mol. The van der Waals surface area contributed by atoms with E-state index < -0.39 is 0 Å². The van der Waals surface area contributed by atoms with Gasteiger partial charge in [-0.2, -0.15) is 0 Å². The van der Waals surface area contributed by atoms with Crippen LogP contribution >= 0.6 is 0 Å². The Balaban J connectivity index is 0. The van der Waals surface area contributed by atoms with Gasteiger partial charge in [-0.05, 0) is 0 Å². The molecule has 0 aromatic rings. The normalized spacial score (nSPS) is 0. The van der Waals surface area contributed by atoms with Gasteiger partial charge in [0.1, 0.15) is 0 Å². The number of rotatable bonds is 0. The molecule has 0 fully saturated rings. The van der Waals surface area contributed by atoms with Crippen molar-refractivity contribution in [1.29, 1.82) is 0 Å². The summed E-state index contributed by atoms with van der Waals surface area (Å²) in [6, 6.07) is 0. The van der Waals surface area contributed by atoms with Crippen LogP contribution in [0.3, 0.4) is 0 Å². The van der Waals surface area contributed by atoms with Crippen molar-refractivity contribution in [2.24, 2.45) is 0 Å². The Morgan fingerprint density at radius 1 is 0.364 bits per heavy atom. The van der Waals surface area contributed by atoms with Gasteiger partial charge in [0.25, 0.3) is 0 Å². The second-order valence-electron chi connectivity index (χ2n) is 0. The van der Waals surface area contributed by atoms with E-state index in [-0.39, 0.29) is 317 Å². The molecule has 0 rings (SSSR count). The van der Waals surface area contributed by atoms with Gasteiger partial charge < -0.3 is 0 Å². The van der Waals surface area contributed by atoms with Gasteiger partial charge in [-0.3, -0.25) is 0 Å². The molecule has 11 heteroatoms. The fraction of sp³-hybridized carbons (Fsp3) is 0. The standard InChI is InChI=1S/Al.3Ca.3Na.4Sb. The van der Waals surface area contributed by atoms with E-state index >= 15 is 0 Å². The maximum atomic E-state index is 0. The van der Waals surface area contributed by atoms with E-state index in [1.54, 1.807) is 0 Å². The average Bonchev–Trinajstić information content (AvgIpc) is 0. The Bertz CT molecular complexity index is 20.5. The molecule has 0 unspecified atom stereocenters. The first-order chi connectivity index (χ1) is 0. The summed E-state index contributed by atoms with van der Waals surface area (Å²) in [5.41, 5.74) is 0. The molecule has 0 nitrogen and oxygen atoms in total. The molecule has 0 N–H and O–H groups in total. The van der Waals surface area contributed by atoms with Crippen molar-refractivity contribution in [2.45, 2.75) is 0 Å². The van der Waals surface area contributed by atoms with Crippen LogP contribution in [0.15, 0.2) is 0 Å². The van der Waals surface area contributed by atoms with Crippen molar-refractivity contribution < 1.29 is 0 Å². The minimum Gasteiger partial charge on any atom is 0 e. The van der Waals surface area contributed by atoms with Crippen molar-refractivity contribution in [3.63, 3.8) is 0 Å². The third kappa shape index (κ3) is 63.5. The zero-order chi connectivity index (χ0) is 0. The zero-order valence-electron chi connectivity index (χ0n) is 7.49. The molecule has 0 saturated carbocycles. The van der Waals surface area contributed by atoms with E-state index in [9.17, 15) is 0 Å². The first kappa shape index (κ1) is 81.6. The first-order valence-electron chi connectivity index (χ1n) is 0. The fourth-order valence-corrected chi connectivity index (χ4v) is 0. The molecule has 0 heterocycles. The molecule has 0 amide bonds. The molecule has 0 spiro atoms. The van der Waals surface area contributed by atoms with Crippen molar-refractivity contribution in [1.82, 2.24) is 0 Å². The summed E-state index contributed by atoms with van der Waals surface area (Å²) in [5.74, 6) is 0. The third-order valence-corrected chi connectivity index (χ3v) is 0. The fourth-order valence-electron chi connectivity index (χ4n) is 0. The molecule has 11 heavy (non-hydrogen) atoms. The van der Waals surface area contributed by atoms with Crippen LogP contribution in [0.1, 0.15) is 0 Å². The Morgan fingerprint density at radius 3 is 0.364 bits per heavy atom. The second-order valence-corrected chi connectivity index (χ2v) is 0. The van der Waals surface area contributed by atoms with Gasteiger partial charge in [0.15, 0.2) is 0 Å². The van der Waals surface area contributed by atoms with E-state index in [0.29, 0.717) is 0 Å². The SMILES string of the molecule is [Al].[Ca].[Ca].[Ca].[Na].[Na].[Na].[Sb].[Sb].[Sb].[Sb]. The third-order valence-electron chi connectivity index (χ3n) is 0.